The molecule has 0 radical (unpaired) electrons. The lowest BCUT2D eigenvalue weighted by molar-refractivity contribution is -0.135. The molecule has 0 aliphatic rings. The van der Waals surface area contributed by atoms with E-state index in [1.54, 1.807) is 42.5 Å². The van der Waals surface area contributed by atoms with Crippen LogP contribution in [0, 0.1) is 0 Å². The second-order valence-corrected chi connectivity index (χ2v) is 8.52. The quantitative estimate of drug-likeness (QED) is 0.347. The standard InChI is InChI=1S/C23H18Cl3N3O6/c24-15-4-2-1-3-13(15)10-29-11-14(20(32)19(23(29)35)22(34)28-9-18(30)31)21(33)27-8-12-5-6-16(25)17(26)7-12/h1-7,11,32H,8-10H2,(H,27,33)(H,28,34)(H,30,31). The van der Waals surface area contributed by atoms with E-state index in [9.17, 15) is 24.3 Å². The number of rotatable bonds is 8. The fourth-order valence-electron chi connectivity index (χ4n) is 3.13. The lowest BCUT2D eigenvalue weighted by Crippen LogP contribution is -2.37. The van der Waals surface area contributed by atoms with Gasteiger partial charge in [-0.05, 0) is 29.3 Å². The number of carbonyl (C=O) groups is 3. The zero-order valence-corrected chi connectivity index (χ0v) is 20.1. The minimum Gasteiger partial charge on any atom is -0.506 e. The van der Waals surface area contributed by atoms with Crippen LogP contribution in [0.1, 0.15) is 31.8 Å². The van der Waals surface area contributed by atoms with Gasteiger partial charge < -0.3 is 25.4 Å². The van der Waals surface area contributed by atoms with Gasteiger partial charge in [0.25, 0.3) is 17.4 Å². The molecule has 9 nitrogen and oxygen atoms in total. The van der Waals surface area contributed by atoms with Gasteiger partial charge in [-0.3, -0.25) is 19.2 Å². The monoisotopic (exact) mass is 537 g/mol. The van der Waals surface area contributed by atoms with Crippen LogP contribution < -0.4 is 16.2 Å². The molecule has 35 heavy (non-hydrogen) atoms. The average molecular weight is 539 g/mol. The summed E-state index contributed by atoms with van der Waals surface area (Å²) < 4.78 is 1.03. The van der Waals surface area contributed by atoms with Gasteiger partial charge in [-0.2, -0.15) is 0 Å². The van der Waals surface area contributed by atoms with Crippen LogP contribution in [-0.4, -0.2) is 39.1 Å². The van der Waals surface area contributed by atoms with Gasteiger partial charge in [0.1, 0.15) is 17.9 Å². The van der Waals surface area contributed by atoms with E-state index in [2.05, 4.69) is 5.32 Å². The maximum Gasteiger partial charge on any atom is 0.322 e. The maximum atomic E-state index is 13.0. The highest BCUT2D eigenvalue weighted by molar-refractivity contribution is 6.42. The van der Waals surface area contributed by atoms with E-state index in [0.717, 1.165) is 10.8 Å². The molecule has 0 saturated heterocycles. The SMILES string of the molecule is O=C(O)CNC(=O)c1c(O)c(C(=O)NCc2ccc(Cl)c(Cl)c2)cn(Cc2ccccc2Cl)c1=O. The molecule has 0 aliphatic carbocycles. The third-order valence-corrected chi connectivity index (χ3v) is 5.97. The van der Waals surface area contributed by atoms with Crippen LogP contribution in [0.5, 0.6) is 5.75 Å². The Hall–Kier alpha value is -3.53. The first kappa shape index (κ1) is 26.1. The van der Waals surface area contributed by atoms with Gasteiger partial charge in [0.2, 0.25) is 0 Å². The highest BCUT2D eigenvalue weighted by Crippen LogP contribution is 2.24. The number of hydrogen-bond acceptors (Lipinski definition) is 5. The van der Waals surface area contributed by atoms with Crippen molar-refractivity contribution in [3.63, 3.8) is 0 Å². The largest absolute Gasteiger partial charge is 0.506 e. The first-order chi connectivity index (χ1) is 16.6. The summed E-state index contributed by atoms with van der Waals surface area (Å²) in [6, 6.07) is 11.4. The predicted octanol–water partition coefficient (Wildman–Crippen LogP) is 3.31. The molecule has 0 unspecified atom stereocenters. The molecule has 0 fully saturated rings. The molecule has 2 amide bonds. The maximum absolute atomic E-state index is 13.0. The van der Waals surface area contributed by atoms with Gasteiger partial charge in [-0.15, -0.1) is 0 Å². The van der Waals surface area contributed by atoms with Crippen LogP contribution in [0.25, 0.3) is 0 Å². The molecule has 1 aromatic heterocycles. The molecule has 4 N–H and O–H groups in total. The number of nitrogens with one attached hydrogen (secondary N) is 2. The number of aromatic nitrogens is 1. The van der Waals surface area contributed by atoms with Gasteiger partial charge in [0.05, 0.1) is 22.2 Å². The summed E-state index contributed by atoms with van der Waals surface area (Å²) in [5, 5.41) is 25.0. The van der Waals surface area contributed by atoms with Crippen LogP contribution >= 0.6 is 34.8 Å². The minimum absolute atomic E-state index is 0.000649. The topological polar surface area (TPSA) is 138 Å². The third-order valence-electron chi connectivity index (χ3n) is 4.86. The Morgan fingerprint density at radius 3 is 2.29 bits per heavy atom. The van der Waals surface area contributed by atoms with E-state index in [1.165, 1.54) is 0 Å². The van der Waals surface area contributed by atoms with E-state index < -0.39 is 41.2 Å². The Balaban J connectivity index is 2.00. The van der Waals surface area contributed by atoms with Gasteiger partial charge in [0, 0.05) is 17.8 Å². The normalized spacial score (nSPS) is 10.6. The van der Waals surface area contributed by atoms with E-state index in [4.69, 9.17) is 39.9 Å². The molecular weight excluding hydrogens is 521 g/mol. The van der Waals surface area contributed by atoms with E-state index in [0.29, 0.717) is 21.2 Å². The van der Waals surface area contributed by atoms with Crippen molar-refractivity contribution >= 4 is 52.6 Å². The molecule has 0 aliphatic heterocycles. The van der Waals surface area contributed by atoms with Crippen molar-refractivity contribution in [1.82, 2.24) is 15.2 Å². The molecule has 0 atom stereocenters. The summed E-state index contributed by atoms with van der Waals surface area (Å²) in [6.07, 6.45) is 1.10. The van der Waals surface area contributed by atoms with E-state index in [1.807, 2.05) is 5.32 Å². The molecule has 3 rings (SSSR count). The van der Waals surface area contributed by atoms with Gasteiger partial charge in [-0.25, -0.2) is 0 Å². The van der Waals surface area contributed by atoms with Crippen LogP contribution in [0.3, 0.4) is 0 Å². The Morgan fingerprint density at radius 1 is 0.914 bits per heavy atom. The molecule has 182 valence electrons. The third kappa shape index (κ3) is 6.33. The Kier molecular flexibility index (Phi) is 8.39. The summed E-state index contributed by atoms with van der Waals surface area (Å²) in [7, 11) is 0. The number of nitrogens with zero attached hydrogens (tertiary/aromatic N) is 1. The fourth-order valence-corrected chi connectivity index (χ4v) is 3.64. The number of carboxylic acid groups (broad SMARTS) is 1. The molecule has 3 aromatic rings. The first-order valence-corrected chi connectivity index (χ1v) is 11.1. The summed E-state index contributed by atoms with van der Waals surface area (Å²) in [5.74, 6) is -4.19. The summed E-state index contributed by atoms with van der Waals surface area (Å²) >= 11 is 18.1. The number of carbonyl (C=O) groups excluding carboxylic acids is 2. The zero-order valence-electron chi connectivity index (χ0n) is 17.8. The highest BCUT2D eigenvalue weighted by Gasteiger charge is 2.25. The van der Waals surface area contributed by atoms with E-state index in [-0.39, 0.29) is 23.7 Å². The van der Waals surface area contributed by atoms with Crippen molar-refractivity contribution < 1.29 is 24.6 Å². The predicted molar refractivity (Wildman–Crippen MR) is 131 cm³/mol. The van der Waals surface area contributed by atoms with Gasteiger partial charge >= 0.3 is 5.97 Å². The smallest absolute Gasteiger partial charge is 0.322 e. The number of benzene rings is 2. The van der Waals surface area contributed by atoms with Crippen LogP contribution in [0.4, 0.5) is 0 Å². The minimum atomic E-state index is -1.36. The fraction of sp³-hybridized carbons (Fsp3) is 0.130. The number of aliphatic carboxylic acids is 1. The van der Waals surface area contributed by atoms with Crippen molar-refractivity contribution in [1.29, 1.82) is 0 Å². The number of halogens is 3. The Labute approximate surface area is 213 Å². The average Bonchev–Trinajstić information content (AvgIpc) is 2.81. The Bertz CT molecular complexity index is 1370. The molecular formula is C23H18Cl3N3O6. The molecule has 0 spiro atoms. The number of amides is 2. The van der Waals surface area contributed by atoms with Gasteiger partial charge in [0.15, 0.2) is 0 Å². The first-order valence-electron chi connectivity index (χ1n) is 10.0. The second kappa shape index (κ2) is 11.3. The van der Waals surface area contributed by atoms with Crippen LogP contribution in [-0.2, 0) is 17.9 Å². The lowest BCUT2D eigenvalue weighted by Gasteiger charge is -2.15. The number of hydrogen-bond donors (Lipinski definition) is 4. The van der Waals surface area contributed by atoms with Crippen LogP contribution in [0.2, 0.25) is 15.1 Å². The molecule has 2 aromatic carbocycles. The van der Waals surface area contributed by atoms with Crippen molar-refractivity contribution in [3.05, 3.63) is 96.3 Å². The zero-order chi connectivity index (χ0) is 25.7. The molecule has 0 bridgehead atoms. The van der Waals surface area contributed by atoms with Crippen LogP contribution in [0.15, 0.2) is 53.5 Å². The van der Waals surface area contributed by atoms with Crippen molar-refractivity contribution in [2.24, 2.45) is 0 Å². The van der Waals surface area contributed by atoms with Gasteiger partial charge in [-0.1, -0.05) is 59.1 Å². The molecule has 1 heterocycles. The second-order valence-electron chi connectivity index (χ2n) is 7.30. The molecule has 12 heteroatoms. The lowest BCUT2D eigenvalue weighted by atomic mass is 10.1. The number of pyridine rings is 1. The van der Waals surface area contributed by atoms with Crippen molar-refractivity contribution in [2.45, 2.75) is 13.1 Å². The van der Waals surface area contributed by atoms with Crippen molar-refractivity contribution in [2.75, 3.05) is 6.54 Å². The highest BCUT2D eigenvalue weighted by atomic mass is 35.5. The number of carboxylic acids is 1. The summed E-state index contributed by atoms with van der Waals surface area (Å²) in [4.78, 5) is 49.3. The van der Waals surface area contributed by atoms with Crippen molar-refractivity contribution in [3.8, 4) is 5.75 Å². The number of aromatic hydroxyl groups is 1. The summed E-state index contributed by atoms with van der Waals surface area (Å²) in [6.45, 7) is -0.916. The van der Waals surface area contributed by atoms with E-state index >= 15 is 0 Å². The Morgan fingerprint density at radius 2 is 1.63 bits per heavy atom. The molecule has 0 saturated carbocycles. The summed E-state index contributed by atoms with van der Waals surface area (Å²) in [5.41, 5.74) is -0.971.